The molecule has 1 aliphatic heterocycles. The predicted molar refractivity (Wildman–Crippen MR) is 99.3 cm³/mol. The van der Waals surface area contributed by atoms with Crippen molar-refractivity contribution in [1.29, 1.82) is 0 Å². The van der Waals surface area contributed by atoms with Gasteiger partial charge in [0.15, 0.2) is 0 Å². The molecular weight excluding hydrogens is 382 g/mol. The van der Waals surface area contributed by atoms with E-state index >= 15 is 0 Å². The van der Waals surface area contributed by atoms with E-state index in [4.69, 9.17) is 11.6 Å². The Morgan fingerprint density at radius 2 is 1.92 bits per heavy atom. The number of aliphatic carboxylic acids is 1. The molecule has 8 heteroatoms. The summed E-state index contributed by atoms with van der Waals surface area (Å²) >= 11 is 6.91. The minimum Gasteiger partial charge on any atom is -0.478 e. The summed E-state index contributed by atoms with van der Waals surface area (Å²) in [5.41, 5.74) is 0.678. The van der Waals surface area contributed by atoms with Gasteiger partial charge in [0.2, 0.25) is 0 Å². The summed E-state index contributed by atoms with van der Waals surface area (Å²) in [4.78, 5) is 12.0. The Hall–Kier alpha value is -1.67. The Morgan fingerprint density at radius 1 is 1.20 bits per heavy atom. The second-order valence-corrected chi connectivity index (χ2v) is 9.33. The van der Waals surface area contributed by atoms with Gasteiger partial charge in [-0.25, -0.2) is 13.2 Å². The molecule has 0 aliphatic carbocycles. The zero-order chi connectivity index (χ0) is 18.0. The van der Waals surface area contributed by atoms with Crippen LogP contribution in [0.15, 0.2) is 40.6 Å². The van der Waals surface area contributed by atoms with Gasteiger partial charge in [0.05, 0.1) is 5.57 Å². The van der Waals surface area contributed by atoms with Crippen molar-refractivity contribution in [3.63, 3.8) is 0 Å². The summed E-state index contributed by atoms with van der Waals surface area (Å²) in [5.74, 6) is -1.12. The Morgan fingerprint density at radius 3 is 2.56 bits per heavy atom. The van der Waals surface area contributed by atoms with E-state index in [1.54, 1.807) is 24.3 Å². The molecule has 1 N–H and O–H groups in total. The first-order valence-electron chi connectivity index (χ1n) is 7.69. The van der Waals surface area contributed by atoms with Crippen LogP contribution in [0.25, 0.3) is 11.6 Å². The molecule has 2 aromatic rings. The minimum atomic E-state index is -3.55. The molecule has 3 rings (SSSR count). The number of carbonyl (C=O) groups is 1. The zero-order valence-electron chi connectivity index (χ0n) is 13.2. The molecule has 1 fully saturated rings. The van der Waals surface area contributed by atoms with Crippen LogP contribution in [-0.4, -0.2) is 36.9 Å². The van der Waals surface area contributed by atoms with Crippen molar-refractivity contribution >= 4 is 50.6 Å². The van der Waals surface area contributed by atoms with E-state index in [9.17, 15) is 18.3 Å². The normalized spacial score (nSPS) is 16.3. The highest BCUT2D eigenvalue weighted by Gasteiger charge is 2.29. The monoisotopic (exact) mass is 397 g/mol. The molecule has 0 saturated carbocycles. The highest BCUT2D eigenvalue weighted by molar-refractivity contribution is 7.91. The average Bonchev–Trinajstić information content (AvgIpc) is 3.24. The quantitative estimate of drug-likeness (QED) is 0.778. The predicted octanol–water partition coefficient (Wildman–Crippen LogP) is 3.81. The number of nitrogens with zero attached hydrogens (tertiary/aromatic N) is 1. The zero-order valence-corrected chi connectivity index (χ0v) is 15.6. The van der Waals surface area contributed by atoms with Crippen LogP contribution >= 0.6 is 22.9 Å². The molecule has 0 bridgehead atoms. The third-order valence-electron chi connectivity index (χ3n) is 3.90. The van der Waals surface area contributed by atoms with Gasteiger partial charge in [-0.15, -0.1) is 11.3 Å². The van der Waals surface area contributed by atoms with Crippen LogP contribution in [0.4, 0.5) is 0 Å². The van der Waals surface area contributed by atoms with E-state index in [1.165, 1.54) is 22.5 Å². The summed E-state index contributed by atoms with van der Waals surface area (Å²) in [6.45, 7) is 1.03. The van der Waals surface area contributed by atoms with E-state index in [2.05, 4.69) is 0 Å². The largest absolute Gasteiger partial charge is 0.478 e. The van der Waals surface area contributed by atoms with Crippen LogP contribution in [0.3, 0.4) is 0 Å². The molecule has 1 aromatic heterocycles. The SMILES string of the molecule is O=C(O)/C(=C\c1cccc(Cl)c1)c1ccc(S(=O)(=O)N2CCCC2)s1. The van der Waals surface area contributed by atoms with E-state index in [-0.39, 0.29) is 9.78 Å². The van der Waals surface area contributed by atoms with Gasteiger partial charge in [-0.1, -0.05) is 23.7 Å². The highest BCUT2D eigenvalue weighted by Crippen LogP contribution is 2.32. The number of carboxylic acids is 1. The first kappa shape index (κ1) is 18.1. The van der Waals surface area contributed by atoms with E-state index in [1.807, 2.05) is 0 Å². The number of sulfonamides is 1. The van der Waals surface area contributed by atoms with Gasteiger partial charge in [-0.05, 0) is 48.7 Å². The van der Waals surface area contributed by atoms with Gasteiger partial charge in [-0.2, -0.15) is 4.31 Å². The average molecular weight is 398 g/mol. The lowest BCUT2D eigenvalue weighted by Crippen LogP contribution is -2.27. The van der Waals surface area contributed by atoms with Crippen LogP contribution in [0.2, 0.25) is 5.02 Å². The molecule has 0 unspecified atom stereocenters. The summed E-state index contributed by atoms with van der Waals surface area (Å²) in [6, 6.07) is 9.83. The standard InChI is InChI=1S/C17H16ClNO4S2/c18-13-5-3-4-12(10-13)11-14(17(20)21)15-6-7-16(24-15)25(22,23)19-8-1-2-9-19/h3-7,10-11H,1-2,8-9H2,(H,20,21)/b14-11-. The first-order valence-corrected chi connectivity index (χ1v) is 10.3. The lowest BCUT2D eigenvalue weighted by Gasteiger charge is -2.13. The molecule has 2 heterocycles. The number of rotatable bonds is 5. The van der Waals surface area contributed by atoms with Crippen molar-refractivity contribution in [2.45, 2.75) is 17.1 Å². The molecule has 1 saturated heterocycles. The molecule has 0 spiro atoms. The van der Waals surface area contributed by atoms with Crippen molar-refractivity contribution in [2.75, 3.05) is 13.1 Å². The molecule has 132 valence electrons. The maximum Gasteiger partial charge on any atom is 0.337 e. The van der Waals surface area contributed by atoms with Gasteiger partial charge in [-0.3, -0.25) is 0 Å². The third-order valence-corrected chi connectivity index (χ3v) is 7.62. The molecule has 0 amide bonds. The first-order chi connectivity index (χ1) is 11.9. The van der Waals surface area contributed by atoms with Crippen LogP contribution in [0, 0.1) is 0 Å². The third kappa shape index (κ3) is 3.95. The Kier molecular flexibility index (Phi) is 5.29. The van der Waals surface area contributed by atoms with Crippen molar-refractivity contribution in [1.82, 2.24) is 4.31 Å². The highest BCUT2D eigenvalue weighted by atomic mass is 35.5. The molecule has 25 heavy (non-hydrogen) atoms. The second-order valence-electron chi connectivity index (χ2n) is 5.65. The van der Waals surface area contributed by atoms with E-state index in [0.29, 0.717) is 28.6 Å². The van der Waals surface area contributed by atoms with Gasteiger partial charge in [0.1, 0.15) is 4.21 Å². The maximum atomic E-state index is 12.6. The minimum absolute atomic E-state index is 0.0372. The number of thiophene rings is 1. The van der Waals surface area contributed by atoms with Crippen molar-refractivity contribution < 1.29 is 18.3 Å². The smallest absolute Gasteiger partial charge is 0.337 e. The summed E-state index contributed by atoms with van der Waals surface area (Å²) in [6.07, 6.45) is 3.20. The fraction of sp³-hybridized carbons (Fsp3) is 0.235. The van der Waals surface area contributed by atoms with E-state index < -0.39 is 16.0 Å². The van der Waals surface area contributed by atoms with Crippen LogP contribution in [-0.2, 0) is 14.8 Å². The maximum absolute atomic E-state index is 12.6. The van der Waals surface area contributed by atoms with Gasteiger partial charge < -0.3 is 5.11 Å². The number of hydrogen-bond donors (Lipinski definition) is 1. The fourth-order valence-corrected chi connectivity index (χ4v) is 5.84. The van der Waals surface area contributed by atoms with Crippen molar-refractivity contribution in [3.05, 3.63) is 51.9 Å². The van der Waals surface area contributed by atoms with Gasteiger partial charge >= 0.3 is 5.97 Å². The number of carboxylic acid groups (broad SMARTS) is 1. The molecule has 1 aliphatic rings. The molecule has 1 aromatic carbocycles. The topological polar surface area (TPSA) is 74.7 Å². The lowest BCUT2D eigenvalue weighted by atomic mass is 10.1. The number of halogens is 1. The Balaban J connectivity index is 1.97. The van der Waals surface area contributed by atoms with E-state index in [0.717, 1.165) is 24.2 Å². The van der Waals surface area contributed by atoms with Crippen LogP contribution in [0.1, 0.15) is 23.3 Å². The van der Waals surface area contributed by atoms with Gasteiger partial charge in [0.25, 0.3) is 10.0 Å². The van der Waals surface area contributed by atoms with Crippen molar-refractivity contribution in [2.24, 2.45) is 0 Å². The Labute approximate surface area is 155 Å². The molecule has 0 radical (unpaired) electrons. The fourth-order valence-electron chi connectivity index (χ4n) is 2.66. The lowest BCUT2D eigenvalue weighted by molar-refractivity contribution is -0.130. The molecular formula is C17H16ClNO4S2. The Bertz CT molecular complexity index is 928. The number of hydrogen-bond acceptors (Lipinski definition) is 4. The van der Waals surface area contributed by atoms with Crippen LogP contribution in [0.5, 0.6) is 0 Å². The van der Waals surface area contributed by atoms with Gasteiger partial charge in [0, 0.05) is 23.0 Å². The van der Waals surface area contributed by atoms with Crippen LogP contribution < -0.4 is 0 Å². The van der Waals surface area contributed by atoms with Crippen molar-refractivity contribution in [3.8, 4) is 0 Å². The summed E-state index contributed by atoms with van der Waals surface area (Å²) < 4.78 is 26.8. The summed E-state index contributed by atoms with van der Waals surface area (Å²) in [5, 5.41) is 10.0. The molecule has 0 atom stereocenters. The second kappa shape index (κ2) is 7.29. The molecule has 5 nitrogen and oxygen atoms in total. The number of benzene rings is 1. The summed E-state index contributed by atoms with van der Waals surface area (Å²) in [7, 11) is -3.55.